The zero-order chi connectivity index (χ0) is 21.1. The lowest BCUT2D eigenvalue weighted by molar-refractivity contribution is -0.153. The van der Waals surface area contributed by atoms with Crippen molar-refractivity contribution in [2.45, 2.75) is 87.9 Å². The fourth-order valence-electron chi connectivity index (χ4n) is 4.25. The molecule has 3 aliphatic rings. The van der Waals surface area contributed by atoms with Gasteiger partial charge >= 0.3 is 6.18 Å². The molecule has 0 aromatic heterocycles. The Balaban J connectivity index is 1.70. The molecule has 3 fully saturated rings. The molecule has 11 heteroatoms. The number of aliphatic hydroxyl groups excluding tert-OH is 1. The van der Waals surface area contributed by atoms with E-state index in [9.17, 15) is 27.5 Å². The van der Waals surface area contributed by atoms with Crippen molar-refractivity contribution in [2.75, 3.05) is 6.61 Å². The van der Waals surface area contributed by atoms with Gasteiger partial charge in [-0.2, -0.15) is 13.2 Å². The molecule has 0 spiro atoms. The first kappa shape index (κ1) is 22.2. The summed E-state index contributed by atoms with van der Waals surface area (Å²) in [5, 5.41) is 15.6. The predicted octanol–water partition coefficient (Wildman–Crippen LogP) is 1.64. The minimum absolute atomic E-state index is 0.0513. The molecule has 1 heterocycles. The Labute approximate surface area is 167 Å². The van der Waals surface area contributed by atoms with Crippen molar-refractivity contribution in [3.8, 4) is 0 Å². The van der Waals surface area contributed by atoms with Crippen molar-refractivity contribution in [1.82, 2.24) is 21.5 Å². The van der Waals surface area contributed by atoms with E-state index in [-0.39, 0.29) is 30.8 Å². The highest BCUT2D eigenvalue weighted by molar-refractivity contribution is 5.98. The molecule has 0 aromatic carbocycles. The Morgan fingerprint density at radius 2 is 1.79 bits per heavy atom. The highest BCUT2D eigenvalue weighted by Crippen LogP contribution is 2.30. The Morgan fingerprint density at radius 1 is 1.14 bits per heavy atom. The van der Waals surface area contributed by atoms with Crippen molar-refractivity contribution >= 4 is 11.9 Å². The summed E-state index contributed by atoms with van der Waals surface area (Å²) in [6, 6.07) is -1.73. The summed E-state index contributed by atoms with van der Waals surface area (Å²) in [6.45, 7) is -0.170. The van der Waals surface area contributed by atoms with E-state index >= 15 is 0 Å². The summed E-state index contributed by atoms with van der Waals surface area (Å²) >= 11 is 0. The summed E-state index contributed by atoms with van der Waals surface area (Å²) in [5.41, 5.74) is 4.02. The van der Waals surface area contributed by atoms with Crippen LogP contribution in [0.25, 0.3) is 0 Å². The number of carbonyl (C=O) groups excluding carboxylic acids is 1. The van der Waals surface area contributed by atoms with Gasteiger partial charge in [0.15, 0.2) is 5.96 Å². The molecular formula is C18H29F4N5O2. The molecule has 0 radical (unpaired) electrons. The Kier molecular flexibility index (Phi) is 7.00. The van der Waals surface area contributed by atoms with Gasteiger partial charge in [0.05, 0.1) is 12.1 Å². The fraction of sp³-hybridized carbons (Fsp3) is 0.889. The lowest BCUT2D eigenvalue weighted by Crippen LogP contribution is -2.56. The first-order chi connectivity index (χ1) is 13.7. The van der Waals surface area contributed by atoms with Crippen molar-refractivity contribution in [2.24, 2.45) is 10.9 Å². The van der Waals surface area contributed by atoms with Gasteiger partial charge in [0.1, 0.15) is 18.4 Å². The van der Waals surface area contributed by atoms with E-state index in [2.05, 4.69) is 26.5 Å². The van der Waals surface area contributed by atoms with Gasteiger partial charge in [0.2, 0.25) is 5.91 Å². The summed E-state index contributed by atoms with van der Waals surface area (Å²) in [4.78, 5) is 16.9. The number of amides is 1. The van der Waals surface area contributed by atoms with Crippen LogP contribution in [-0.2, 0) is 4.79 Å². The van der Waals surface area contributed by atoms with E-state index in [1.165, 1.54) is 0 Å². The van der Waals surface area contributed by atoms with Crippen LogP contribution in [0.1, 0.15) is 57.8 Å². The number of nitrogens with zero attached hydrogens (tertiary/aromatic N) is 1. The second-order valence-corrected chi connectivity index (χ2v) is 8.32. The lowest BCUT2D eigenvalue weighted by atomic mass is 9.87. The predicted molar refractivity (Wildman–Crippen MR) is 98.4 cm³/mol. The molecule has 1 saturated heterocycles. The van der Waals surface area contributed by atoms with E-state index in [0.29, 0.717) is 38.5 Å². The average Bonchev–Trinajstić information content (AvgIpc) is 3.32. The molecule has 1 amide bonds. The van der Waals surface area contributed by atoms with Crippen LogP contribution in [0, 0.1) is 5.92 Å². The van der Waals surface area contributed by atoms with E-state index in [1.807, 2.05) is 0 Å². The van der Waals surface area contributed by atoms with Crippen LogP contribution in [-0.4, -0.2) is 53.7 Å². The van der Waals surface area contributed by atoms with Crippen molar-refractivity contribution in [3.05, 3.63) is 0 Å². The number of nitrogens with one attached hydrogen (secondary N) is 4. The molecular weight excluding hydrogens is 394 g/mol. The number of aliphatic imine (C=N–C) groups is 1. The van der Waals surface area contributed by atoms with E-state index < -0.39 is 30.1 Å². The second kappa shape index (κ2) is 9.13. The maximum Gasteiger partial charge on any atom is 0.405 e. The Morgan fingerprint density at radius 3 is 2.34 bits per heavy atom. The molecule has 0 bridgehead atoms. The van der Waals surface area contributed by atoms with Gasteiger partial charge < -0.3 is 10.4 Å². The van der Waals surface area contributed by atoms with Crippen LogP contribution < -0.4 is 21.5 Å². The van der Waals surface area contributed by atoms with Crippen LogP contribution in [0.3, 0.4) is 0 Å². The topological polar surface area (TPSA) is 97.8 Å². The number of carbonyl (C=O) groups is 1. The van der Waals surface area contributed by atoms with Gasteiger partial charge in [-0.25, -0.2) is 20.2 Å². The third-order valence-corrected chi connectivity index (χ3v) is 6.08. The minimum atomic E-state index is -4.41. The first-order valence-corrected chi connectivity index (χ1v) is 10.2. The summed E-state index contributed by atoms with van der Waals surface area (Å²) in [7, 11) is 0. The third kappa shape index (κ3) is 5.79. The quantitative estimate of drug-likeness (QED) is 0.269. The normalized spacial score (nSPS) is 32.9. The largest absolute Gasteiger partial charge is 0.405 e. The molecule has 2 atom stereocenters. The summed E-state index contributed by atoms with van der Waals surface area (Å²) in [5.74, 6) is -0.636. The van der Waals surface area contributed by atoms with Crippen molar-refractivity contribution < 1.29 is 27.5 Å². The molecule has 1 aliphatic heterocycles. The molecule has 166 valence electrons. The molecule has 29 heavy (non-hydrogen) atoms. The SMILES string of the molecule is O=C(N/C(=N\C1CC(C(F)(F)F)NN1)NC1(CO)CCCC1)C1CCC(F)CC1. The van der Waals surface area contributed by atoms with E-state index in [4.69, 9.17) is 0 Å². The van der Waals surface area contributed by atoms with Crippen LogP contribution in [0.15, 0.2) is 4.99 Å². The molecule has 5 N–H and O–H groups in total. The highest BCUT2D eigenvalue weighted by Gasteiger charge is 2.44. The monoisotopic (exact) mass is 423 g/mol. The Bertz CT molecular complexity index is 602. The Hall–Kier alpha value is -1.46. The minimum Gasteiger partial charge on any atom is -0.394 e. The van der Waals surface area contributed by atoms with Gasteiger partial charge in [0, 0.05) is 12.3 Å². The first-order valence-electron chi connectivity index (χ1n) is 10.2. The zero-order valence-electron chi connectivity index (χ0n) is 16.2. The molecule has 3 rings (SSSR count). The average molecular weight is 423 g/mol. The number of halogens is 4. The van der Waals surface area contributed by atoms with Gasteiger partial charge in [0.25, 0.3) is 0 Å². The molecule has 7 nitrogen and oxygen atoms in total. The van der Waals surface area contributed by atoms with Crippen molar-refractivity contribution in [1.29, 1.82) is 0 Å². The summed E-state index contributed by atoms with van der Waals surface area (Å²) in [6.07, 6.45) is -1.88. The van der Waals surface area contributed by atoms with Gasteiger partial charge in [-0.3, -0.25) is 10.1 Å². The van der Waals surface area contributed by atoms with Gasteiger partial charge in [-0.15, -0.1) is 0 Å². The van der Waals surface area contributed by atoms with Crippen LogP contribution in [0.5, 0.6) is 0 Å². The number of alkyl halides is 4. The van der Waals surface area contributed by atoms with Crippen LogP contribution in [0.4, 0.5) is 17.6 Å². The fourth-order valence-corrected chi connectivity index (χ4v) is 4.25. The number of hydrogen-bond donors (Lipinski definition) is 5. The highest BCUT2D eigenvalue weighted by atomic mass is 19.4. The molecule has 2 saturated carbocycles. The standard InChI is InChI=1S/C18H29F4N5O2/c19-12-5-3-11(4-6-12)15(29)24-16(25-17(10-28)7-1-2-8-17)23-14-9-13(26-27-14)18(20,21)22/h11-14,26-28H,1-10H2,(H2,23,24,25,29). The number of guanidine groups is 1. The van der Waals surface area contributed by atoms with Crippen LogP contribution in [0.2, 0.25) is 0 Å². The third-order valence-electron chi connectivity index (χ3n) is 6.08. The maximum absolute atomic E-state index is 13.4. The lowest BCUT2D eigenvalue weighted by Gasteiger charge is -2.31. The van der Waals surface area contributed by atoms with E-state index in [0.717, 1.165) is 12.8 Å². The molecule has 2 unspecified atom stereocenters. The zero-order valence-corrected chi connectivity index (χ0v) is 16.2. The second-order valence-electron chi connectivity index (χ2n) is 8.32. The smallest absolute Gasteiger partial charge is 0.394 e. The van der Waals surface area contributed by atoms with Crippen LogP contribution >= 0.6 is 0 Å². The number of rotatable bonds is 4. The molecule has 0 aromatic rings. The summed E-state index contributed by atoms with van der Waals surface area (Å²) < 4.78 is 52.0. The number of hydrazine groups is 1. The maximum atomic E-state index is 13.4. The number of hydrogen-bond acceptors (Lipinski definition) is 5. The van der Waals surface area contributed by atoms with Gasteiger partial charge in [-0.05, 0) is 38.5 Å². The van der Waals surface area contributed by atoms with E-state index in [1.54, 1.807) is 0 Å². The van der Waals surface area contributed by atoms with Crippen molar-refractivity contribution in [3.63, 3.8) is 0 Å². The number of aliphatic hydroxyl groups is 1. The molecule has 2 aliphatic carbocycles. The van der Waals surface area contributed by atoms with Gasteiger partial charge in [-0.1, -0.05) is 12.8 Å².